The summed E-state index contributed by atoms with van der Waals surface area (Å²) in [4.78, 5) is 16.0. The second-order valence-corrected chi connectivity index (χ2v) is 11.0. The summed E-state index contributed by atoms with van der Waals surface area (Å²) in [6.45, 7) is 5.80. The van der Waals surface area contributed by atoms with Gasteiger partial charge in [0.25, 0.3) is 0 Å². The van der Waals surface area contributed by atoms with Crippen LogP contribution in [0.3, 0.4) is 0 Å². The number of carbonyl (C=O) groups is 1. The SMILES string of the molecule is CC(C)(C)C(Cc1cc(S(=O)(=O)c2cccnc2)c(Br)s1)NC(=O)O. The van der Waals surface area contributed by atoms with Gasteiger partial charge in [0.1, 0.15) is 0 Å². The van der Waals surface area contributed by atoms with Gasteiger partial charge in [0.05, 0.1) is 13.6 Å². The predicted octanol–water partition coefficient (Wildman–Crippen LogP) is 3.96. The number of thiophene rings is 1. The van der Waals surface area contributed by atoms with E-state index in [-0.39, 0.29) is 21.2 Å². The van der Waals surface area contributed by atoms with Crippen LogP contribution in [0.2, 0.25) is 0 Å². The maximum Gasteiger partial charge on any atom is 0.404 e. The highest BCUT2D eigenvalue weighted by Crippen LogP contribution is 2.36. The van der Waals surface area contributed by atoms with E-state index in [9.17, 15) is 13.2 Å². The average Bonchev–Trinajstić information content (AvgIpc) is 2.87. The second kappa shape index (κ2) is 7.43. The topological polar surface area (TPSA) is 96.4 Å². The summed E-state index contributed by atoms with van der Waals surface area (Å²) in [6, 6.07) is 4.32. The molecule has 2 aromatic heterocycles. The van der Waals surface area contributed by atoms with Crippen LogP contribution < -0.4 is 5.32 Å². The van der Waals surface area contributed by atoms with E-state index < -0.39 is 15.9 Å². The summed E-state index contributed by atoms with van der Waals surface area (Å²) in [6.07, 6.45) is 2.13. The zero-order valence-electron chi connectivity index (χ0n) is 14.0. The lowest BCUT2D eigenvalue weighted by molar-refractivity contribution is 0.174. The van der Waals surface area contributed by atoms with Crippen molar-refractivity contribution in [3.63, 3.8) is 0 Å². The molecule has 0 aliphatic carbocycles. The Hall–Kier alpha value is -1.45. The molecule has 0 spiro atoms. The number of hydrogen-bond donors (Lipinski definition) is 2. The van der Waals surface area contributed by atoms with Crippen molar-refractivity contribution in [1.82, 2.24) is 10.3 Å². The molecule has 2 N–H and O–H groups in total. The first kappa shape index (κ1) is 19.9. The third-order valence-electron chi connectivity index (χ3n) is 3.69. The summed E-state index contributed by atoms with van der Waals surface area (Å²) in [5.41, 5.74) is -0.308. The highest BCUT2D eigenvalue weighted by Gasteiger charge is 2.29. The fourth-order valence-electron chi connectivity index (χ4n) is 2.24. The first-order valence-electron chi connectivity index (χ1n) is 7.44. The Bertz CT molecular complexity index is 858. The van der Waals surface area contributed by atoms with Gasteiger partial charge in [0, 0.05) is 29.7 Å². The Labute approximate surface area is 159 Å². The molecule has 2 heterocycles. The number of sulfone groups is 1. The van der Waals surface area contributed by atoms with Crippen molar-refractivity contribution < 1.29 is 18.3 Å². The number of nitrogens with zero attached hydrogens (tertiary/aromatic N) is 1. The standard InChI is InChI=1S/C16H19BrN2O4S2/c1-16(2,3)13(19-15(20)21)8-10-7-12(14(17)24-10)25(22,23)11-5-4-6-18-9-11/h4-7,9,13,19H,8H2,1-3H3,(H,20,21). The summed E-state index contributed by atoms with van der Waals surface area (Å²) < 4.78 is 26.0. The highest BCUT2D eigenvalue weighted by atomic mass is 79.9. The van der Waals surface area contributed by atoms with Gasteiger partial charge in [-0.25, -0.2) is 13.2 Å². The molecule has 1 amide bonds. The number of amides is 1. The summed E-state index contributed by atoms with van der Waals surface area (Å²) in [7, 11) is -3.68. The van der Waals surface area contributed by atoms with E-state index in [1.54, 1.807) is 12.1 Å². The van der Waals surface area contributed by atoms with E-state index in [0.29, 0.717) is 10.2 Å². The van der Waals surface area contributed by atoms with E-state index in [1.165, 1.54) is 29.8 Å². The van der Waals surface area contributed by atoms with Crippen LogP contribution >= 0.6 is 27.3 Å². The third kappa shape index (κ3) is 4.80. The molecular weight excluding hydrogens is 428 g/mol. The van der Waals surface area contributed by atoms with Crippen LogP contribution in [0.4, 0.5) is 4.79 Å². The summed E-state index contributed by atoms with van der Waals surface area (Å²) in [5.74, 6) is 0. The molecule has 25 heavy (non-hydrogen) atoms. The van der Waals surface area contributed by atoms with Crippen molar-refractivity contribution in [2.75, 3.05) is 0 Å². The van der Waals surface area contributed by atoms with Crippen molar-refractivity contribution in [3.05, 3.63) is 39.3 Å². The first-order chi connectivity index (χ1) is 11.5. The minimum atomic E-state index is -3.68. The molecule has 0 saturated carbocycles. The fraction of sp³-hybridized carbons (Fsp3) is 0.375. The normalized spacial score (nSPS) is 13.4. The van der Waals surface area contributed by atoms with Crippen LogP contribution in [0.1, 0.15) is 25.6 Å². The van der Waals surface area contributed by atoms with Gasteiger partial charge in [-0.05, 0) is 39.5 Å². The molecule has 0 radical (unpaired) electrons. The fourth-order valence-corrected chi connectivity index (χ4v) is 6.18. The van der Waals surface area contributed by atoms with Crippen LogP contribution in [0.5, 0.6) is 0 Å². The quantitative estimate of drug-likeness (QED) is 0.723. The van der Waals surface area contributed by atoms with E-state index in [1.807, 2.05) is 20.8 Å². The Morgan fingerprint density at radius 3 is 2.64 bits per heavy atom. The monoisotopic (exact) mass is 446 g/mol. The van der Waals surface area contributed by atoms with Gasteiger partial charge in [0.2, 0.25) is 9.84 Å². The van der Waals surface area contributed by atoms with Crippen LogP contribution in [-0.2, 0) is 16.3 Å². The van der Waals surface area contributed by atoms with Crippen molar-refractivity contribution >= 4 is 43.2 Å². The Balaban J connectivity index is 2.35. The largest absolute Gasteiger partial charge is 0.465 e. The molecule has 6 nitrogen and oxygen atoms in total. The number of rotatable bonds is 5. The molecular formula is C16H19BrN2O4S2. The molecule has 1 unspecified atom stereocenters. The van der Waals surface area contributed by atoms with Crippen molar-refractivity contribution in [2.24, 2.45) is 5.41 Å². The number of nitrogens with one attached hydrogen (secondary N) is 1. The molecule has 2 aromatic rings. The zero-order chi connectivity index (χ0) is 18.8. The van der Waals surface area contributed by atoms with Gasteiger partial charge in [0.15, 0.2) is 0 Å². The van der Waals surface area contributed by atoms with Gasteiger partial charge >= 0.3 is 6.09 Å². The van der Waals surface area contributed by atoms with Gasteiger partial charge < -0.3 is 10.4 Å². The van der Waals surface area contributed by atoms with E-state index in [2.05, 4.69) is 26.2 Å². The van der Waals surface area contributed by atoms with Crippen molar-refractivity contribution in [3.8, 4) is 0 Å². The lowest BCUT2D eigenvalue weighted by Crippen LogP contribution is -2.44. The minimum Gasteiger partial charge on any atom is -0.465 e. The minimum absolute atomic E-state index is 0.121. The van der Waals surface area contributed by atoms with Crippen molar-refractivity contribution in [2.45, 2.75) is 43.0 Å². The second-order valence-electron chi connectivity index (χ2n) is 6.62. The molecule has 0 bridgehead atoms. The Morgan fingerprint density at radius 1 is 1.44 bits per heavy atom. The van der Waals surface area contributed by atoms with Crippen molar-refractivity contribution in [1.29, 1.82) is 0 Å². The zero-order valence-corrected chi connectivity index (χ0v) is 17.2. The van der Waals surface area contributed by atoms with Gasteiger partial charge in [-0.1, -0.05) is 20.8 Å². The molecule has 0 fully saturated rings. The van der Waals surface area contributed by atoms with Crippen LogP contribution in [-0.4, -0.2) is 30.6 Å². The van der Waals surface area contributed by atoms with Crippen LogP contribution in [0, 0.1) is 5.41 Å². The smallest absolute Gasteiger partial charge is 0.404 e. The predicted molar refractivity (Wildman–Crippen MR) is 99.8 cm³/mol. The highest BCUT2D eigenvalue weighted by molar-refractivity contribution is 9.11. The number of halogens is 1. The van der Waals surface area contributed by atoms with E-state index >= 15 is 0 Å². The number of carboxylic acid groups (broad SMARTS) is 1. The lowest BCUT2D eigenvalue weighted by atomic mass is 9.84. The molecule has 136 valence electrons. The van der Waals surface area contributed by atoms with Crippen LogP contribution in [0.15, 0.2) is 44.2 Å². The van der Waals surface area contributed by atoms with Gasteiger partial charge in [-0.2, -0.15) is 0 Å². The van der Waals surface area contributed by atoms with Crippen LogP contribution in [0.25, 0.3) is 0 Å². The van der Waals surface area contributed by atoms with E-state index in [4.69, 9.17) is 5.11 Å². The summed E-state index contributed by atoms with van der Waals surface area (Å²) >= 11 is 4.62. The Kier molecular flexibility index (Phi) is 5.90. The van der Waals surface area contributed by atoms with E-state index in [0.717, 1.165) is 4.88 Å². The molecule has 1 atom stereocenters. The molecule has 0 aliphatic rings. The average molecular weight is 447 g/mol. The summed E-state index contributed by atoms with van der Waals surface area (Å²) in [5, 5.41) is 11.6. The molecule has 9 heteroatoms. The number of hydrogen-bond acceptors (Lipinski definition) is 5. The first-order valence-corrected chi connectivity index (χ1v) is 10.5. The molecule has 2 rings (SSSR count). The number of aromatic nitrogens is 1. The molecule has 0 aromatic carbocycles. The Morgan fingerprint density at radius 2 is 2.12 bits per heavy atom. The molecule has 0 aliphatic heterocycles. The third-order valence-corrected chi connectivity index (χ3v) is 7.70. The molecule has 0 saturated heterocycles. The maximum atomic E-state index is 12.8. The van der Waals surface area contributed by atoms with Gasteiger partial charge in [-0.3, -0.25) is 4.98 Å². The lowest BCUT2D eigenvalue weighted by Gasteiger charge is -2.30. The maximum absolute atomic E-state index is 12.8. The van der Waals surface area contributed by atoms with Gasteiger partial charge in [-0.15, -0.1) is 11.3 Å². The number of pyridine rings is 1.